The molecule has 6 rings (SSSR count). The normalized spacial score (nSPS) is 22.0. The molecule has 1 atom stereocenters. The third kappa shape index (κ3) is 6.18. The fourth-order valence-electron chi connectivity index (χ4n) is 6.26. The van der Waals surface area contributed by atoms with Crippen LogP contribution in [0, 0.1) is 18.3 Å². The maximum absolute atomic E-state index is 13.6. The molecule has 2 fully saturated rings. The van der Waals surface area contributed by atoms with Crippen LogP contribution in [-0.4, -0.2) is 65.5 Å². The SMILES string of the molecule is Cc1ccc2nc1NCCCC1CN(c3nc(-n4ccc(OCCC5(C(F)(F)F)CC5)n4)ccc3C(=O)NS2(=O)=O)C(C)(C)C1. The van der Waals surface area contributed by atoms with E-state index < -0.39 is 33.1 Å². The molecule has 2 aliphatic heterocycles. The van der Waals surface area contributed by atoms with E-state index >= 15 is 0 Å². The number of nitrogens with zero attached hydrogens (tertiary/aromatic N) is 5. The highest BCUT2D eigenvalue weighted by molar-refractivity contribution is 7.90. The maximum atomic E-state index is 13.6. The van der Waals surface area contributed by atoms with E-state index in [0.717, 1.165) is 24.8 Å². The number of halogens is 3. The first kappa shape index (κ1) is 31.1. The van der Waals surface area contributed by atoms with Crippen LogP contribution in [0.1, 0.15) is 68.3 Å². The van der Waals surface area contributed by atoms with Crippen LogP contribution in [0.15, 0.2) is 41.6 Å². The third-order valence-corrected chi connectivity index (χ3v) is 10.3. The van der Waals surface area contributed by atoms with E-state index in [1.807, 2.05) is 11.8 Å². The van der Waals surface area contributed by atoms with E-state index in [-0.39, 0.29) is 42.3 Å². The van der Waals surface area contributed by atoms with Crippen molar-refractivity contribution in [1.29, 1.82) is 0 Å². The lowest BCUT2D eigenvalue weighted by Gasteiger charge is -2.34. The van der Waals surface area contributed by atoms with Crippen molar-refractivity contribution in [3.8, 4) is 11.7 Å². The van der Waals surface area contributed by atoms with Crippen molar-refractivity contribution in [2.75, 3.05) is 29.9 Å². The van der Waals surface area contributed by atoms with Gasteiger partial charge in [0.25, 0.3) is 15.9 Å². The summed E-state index contributed by atoms with van der Waals surface area (Å²) in [5.41, 5.74) is -1.20. The number of hydrogen-bond donors (Lipinski definition) is 2. The molecule has 1 aliphatic carbocycles. The van der Waals surface area contributed by atoms with Gasteiger partial charge in [-0.1, -0.05) is 6.07 Å². The van der Waals surface area contributed by atoms with E-state index in [1.165, 1.54) is 28.9 Å². The first-order valence-corrected chi connectivity index (χ1v) is 16.5. The van der Waals surface area contributed by atoms with Gasteiger partial charge in [-0.2, -0.15) is 21.6 Å². The van der Waals surface area contributed by atoms with Crippen LogP contribution in [0.25, 0.3) is 5.82 Å². The lowest BCUT2D eigenvalue weighted by atomic mass is 9.93. The standard InChI is InChI=1S/C30H36F3N7O4S/c1-19-6-9-24-36-25(19)34-14-4-5-20-17-28(2,3)39(18-20)26-21(27(41)38-45(24,42)43)7-8-22(35-26)40-15-10-23(37-40)44-16-13-29(11-12-29)30(31,32)33/h6-10,15,20H,4-5,11-14,16-18H2,1-3H3,(H,34,36)(H,38,41). The Bertz CT molecular complexity index is 1720. The van der Waals surface area contributed by atoms with E-state index in [2.05, 4.69) is 34.0 Å². The number of rotatable bonds is 5. The number of fused-ring (bicyclic) bond motifs is 6. The molecule has 1 amide bonds. The smallest absolute Gasteiger partial charge is 0.394 e. The Morgan fingerprint density at radius 2 is 1.89 bits per heavy atom. The molecular formula is C30H36F3N7O4S. The summed E-state index contributed by atoms with van der Waals surface area (Å²) in [4.78, 5) is 24.7. The molecule has 11 nitrogen and oxygen atoms in total. The summed E-state index contributed by atoms with van der Waals surface area (Å²) < 4.78 is 75.5. The predicted octanol–water partition coefficient (Wildman–Crippen LogP) is 5.01. The summed E-state index contributed by atoms with van der Waals surface area (Å²) in [6, 6.07) is 7.58. The van der Waals surface area contributed by atoms with Crippen LogP contribution in [0.4, 0.5) is 24.8 Å². The number of aromatic nitrogens is 4. The van der Waals surface area contributed by atoms with Crippen molar-refractivity contribution < 1.29 is 31.1 Å². The molecule has 242 valence electrons. The summed E-state index contributed by atoms with van der Waals surface area (Å²) in [5.74, 6) is 0.688. The Labute approximate surface area is 259 Å². The molecule has 45 heavy (non-hydrogen) atoms. The van der Waals surface area contributed by atoms with Gasteiger partial charge in [0.2, 0.25) is 5.88 Å². The van der Waals surface area contributed by atoms with Crippen molar-refractivity contribution >= 4 is 27.6 Å². The topological polar surface area (TPSA) is 131 Å². The maximum Gasteiger partial charge on any atom is 0.394 e. The van der Waals surface area contributed by atoms with Crippen molar-refractivity contribution in [1.82, 2.24) is 24.5 Å². The fourth-order valence-corrected chi connectivity index (χ4v) is 7.17. The minimum Gasteiger partial charge on any atom is -0.477 e. The van der Waals surface area contributed by atoms with Gasteiger partial charge in [0, 0.05) is 30.9 Å². The van der Waals surface area contributed by atoms with Gasteiger partial charge in [0.05, 0.1) is 17.6 Å². The third-order valence-electron chi connectivity index (χ3n) is 9.06. The molecule has 4 bridgehead atoms. The number of aryl methyl sites for hydroxylation is 1. The van der Waals surface area contributed by atoms with Crippen LogP contribution in [0.2, 0.25) is 0 Å². The number of pyridine rings is 2. The first-order chi connectivity index (χ1) is 21.2. The number of carbonyl (C=O) groups excluding carboxylic acids is 1. The fraction of sp³-hybridized carbons (Fsp3) is 0.533. The second-order valence-corrected chi connectivity index (χ2v) is 14.5. The lowest BCUT2D eigenvalue weighted by Crippen LogP contribution is -2.41. The van der Waals surface area contributed by atoms with Gasteiger partial charge in [-0.15, -0.1) is 5.10 Å². The number of alkyl halides is 3. The molecule has 0 radical (unpaired) electrons. The molecule has 1 unspecified atom stereocenters. The van der Waals surface area contributed by atoms with Crippen LogP contribution in [-0.2, 0) is 10.0 Å². The zero-order valence-electron chi connectivity index (χ0n) is 25.3. The number of carbonyl (C=O) groups is 1. The molecule has 0 spiro atoms. The van der Waals surface area contributed by atoms with Crippen LogP contribution in [0.5, 0.6) is 5.88 Å². The second kappa shape index (κ2) is 11.2. The van der Waals surface area contributed by atoms with Gasteiger partial charge in [-0.05, 0) is 89.0 Å². The molecule has 15 heteroatoms. The van der Waals surface area contributed by atoms with E-state index in [0.29, 0.717) is 36.5 Å². The quantitative estimate of drug-likeness (QED) is 0.392. The Kier molecular flexibility index (Phi) is 7.73. The summed E-state index contributed by atoms with van der Waals surface area (Å²) in [7, 11) is -4.32. The number of ether oxygens (including phenoxy) is 1. The number of hydrogen-bond acceptors (Lipinski definition) is 9. The summed E-state index contributed by atoms with van der Waals surface area (Å²) >= 11 is 0. The second-order valence-electron chi connectivity index (χ2n) is 12.8. The Morgan fingerprint density at radius 3 is 2.62 bits per heavy atom. The monoisotopic (exact) mass is 647 g/mol. The average molecular weight is 648 g/mol. The average Bonchev–Trinajstić information content (AvgIpc) is 3.51. The molecule has 1 saturated heterocycles. The van der Waals surface area contributed by atoms with Crippen molar-refractivity contribution in [2.45, 2.75) is 76.0 Å². The van der Waals surface area contributed by atoms with Gasteiger partial charge in [0.1, 0.15) is 11.6 Å². The largest absolute Gasteiger partial charge is 0.477 e. The zero-order valence-corrected chi connectivity index (χ0v) is 26.1. The molecule has 1 saturated carbocycles. The lowest BCUT2D eigenvalue weighted by molar-refractivity contribution is -0.190. The Hall–Kier alpha value is -3.88. The number of nitrogens with one attached hydrogen (secondary N) is 2. The van der Waals surface area contributed by atoms with Gasteiger partial charge in [0.15, 0.2) is 10.8 Å². The highest BCUT2D eigenvalue weighted by atomic mass is 32.2. The Morgan fingerprint density at radius 1 is 1.11 bits per heavy atom. The minimum atomic E-state index is -4.32. The van der Waals surface area contributed by atoms with Crippen LogP contribution < -0.4 is 19.7 Å². The van der Waals surface area contributed by atoms with E-state index in [9.17, 15) is 26.4 Å². The minimum absolute atomic E-state index is 0.0712. The zero-order chi connectivity index (χ0) is 32.2. The highest BCUT2D eigenvalue weighted by Crippen LogP contribution is 2.59. The molecule has 3 aromatic rings. The Balaban J connectivity index is 1.31. The van der Waals surface area contributed by atoms with Crippen LogP contribution in [0.3, 0.4) is 0 Å². The first-order valence-electron chi connectivity index (χ1n) is 15.0. The molecule has 3 aromatic heterocycles. The van der Waals surface area contributed by atoms with Crippen molar-refractivity contribution in [3.63, 3.8) is 0 Å². The van der Waals surface area contributed by atoms with E-state index in [1.54, 1.807) is 12.3 Å². The van der Waals surface area contributed by atoms with Gasteiger partial charge >= 0.3 is 6.18 Å². The summed E-state index contributed by atoms with van der Waals surface area (Å²) in [5, 5.41) is 7.31. The predicted molar refractivity (Wildman–Crippen MR) is 160 cm³/mol. The molecule has 3 aliphatic rings. The molecule has 2 N–H and O–H groups in total. The molecular weight excluding hydrogens is 611 g/mol. The summed E-state index contributed by atoms with van der Waals surface area (Å²) in [6.07, 6.45) is -0.0268. The number of anilines is 2. The molecule has 0 aromatic carbocycles. The molecule has 5 heterocycles. The number of sulfonamides is 1. The van der Waals surface area contributed by atoms with Gasteiger partial charge < -0.3 is 15.0 Å². The summed E-state index contributed by atoms with van der Waals surface area (Å²) in [6.45, 7) is 7.05. The number of amides is 1. The van der Waals surface area contributed by atoms with Crippen molar-refractivity contribution in [3.05, 3.63) is 47.7 Å². The highest BCUT2D eigenvalue weighted by Gasteiger charge is 2.62. The van der Waals surface area contributed by atoms with Crippen LogP contribution >= 0.6 is 0 Å². The van der Waals surface area contributed by atoms with E-state index in [4.69, 9.17) is 9.72 Å². The van der Waals surface area contributed by atoms with Gasteiger partial charge in [-0.3, -0.25) is 4.79 Å². The van der Waals surface area contributed by atoms with Gasteiger partial charge in [-0.25, -0.2) is 19.4 Å². The van der Waals surface area contributed by atoms with Crippen molar-refractivity contribution in [2.24, 2.45) is 11.3 Å².